The molecule has 1 unspecified atom stereocenters. The number of amides is 2. The summed E-state index contributed by atoms with van der Waals surface area (Å²) in [6.07, 6.45) is 5.02. The van der Waals surface area contributed by atoms with Gasteiger partial charge in [-0.25, -0.2) is 0 Å². The van der Waals surface area contributed by atoms with Crippen molar-refractivity contribution >= 4 is 11.8 Å². The molecule has 1 atom stereocenters. The van der Waals surface area contributed by atoms with Crippen molar-refractivity contribution in [1.29, 1.82) is 5.26 Å². The lowest BCUT2D eigenvalue weighted by Crippen LogP contribution is -2.48. The molecule has 0 aromatic heterocycles. The maximum atomic E-state index is 12.1. The molecule has 0 saturated heterocycles. The summed E-state index contributed by atoms with van der Waals surface area (Å²) in [5.41, 5.74) is 4.12. The number of hydrogen-bond acceptors (Lipinski definition) is 3. The summed E-state index contributed by atoms with van der Waals surface area (Å²) in [7, 11) is 0. The van der Waals surface area contributed by atoms with Gasteiger partial charge >= 0.3 is 0 Å². The molecule has 5 nitrogen and oxygen atoms in total. The van der Waals surface area contributed by atoms with Crippen LogP contribution in [0, 0.1) is 16.7 Å². The molecule has 1 aliphatic rings. The molecule has 0 radical (unpaired) electrons. The summed E-state index contributed by atoms with van der Waals surface area (Å²) in [6, 6.07) is 1.41. The lowest BCUT2D eigenvalue weighted by molar-refractivity contribution is -0.132. The molecule has 3 N–H and O–H groups in total. The summed E-state index contributed by atoms with van der Waals surface area (Å²) in [6.45, 7) is 1.53. The van der Waals surface area contributed by atoms with Crippen LogP contribution in [0.1, 0.15) is 45.4 Å². The lowest BCUT2D eigenvalue weighted by atomic mass is 9.81. The first-order chi connectivity index (χ1) is 8.02. The van der Waals surface area contributed by atoms with Gasteiger partial charge in [-0.05, 0) is 19.8 Å². The maximum absolute atomic E-state index is 12.1. The second kappa shape index (κ2) is 5.67. The fourth-order valence-corrected chi connectivity index (χ4v) is 2.13. The van der Waals surface area contributed by atoms with Gasteiger partial charge in [0.2, 0.25) is 11.8 Å². The van der Waals surface area contributed by atoms with E-state index in [1.165, 1.54) is 6.92 Å². The van der Waals surface area contributed by atoms with Gasteiger partial charge in [0.25, 0.3) is 0 Å². The van der Waals surface area contributed by atoms with Crippen LogP contribution in [0.25, 0.3) is 0 Å². The Morgan fingerprint density at radius 1 is 1.29 bits per heavy atom. The molecule has 0 aromatic rings. The van der Waals surface area contributed by atoms with Crippen LogP contribution in [0.3, 0.4) is 0 Å². The highest BCUT2D eigenvalue weighted by Crippen LogP contribution is 2.34. The lowest BCUT2D eigenvalue weighted by Gasteiger charge is -2.25. The van der Waals surface area contributed by atoms with Gasteiger partial charge in [0.1, 0.15) is 11.5 Å². The Balaban J connectivity index is 2.75. The third-order valence-electron chi connectivity index (χ3n) is 3.38. The number of nitriles is 1. The maximum Gasteiger partial charge on any atom is 0.241 e. The molecule has 5 heteroatoms. The van der Waals surface area contributed by atoms with Gasteiger partial charge in [-0.2, -0.15) is 5.26 Å². The highest BCUT2D eigenvalue weighted by Gasteiger charge is 2.39. The summed E-state index contributed by atoms with van der Waals surface area (Å²) in [5.74, 6) is -0.937. The number of carbonyl (C=O) groups is 2. The van der Waals surface area contributed by atoms with Crippen molar-refractivity contribution in [2.45, 2.75) is 51.5 Å². The minimum atomic E-state index is -0.972. The second-order valence-electron chi connectivity index (χ2n) is 4.71. The van der Waals surface area contributed by atoms with E-state index in [1.54, 1.807) is 0 Å². The molecule has 2 amide bonds. The van der Waals surface area contributed by atoms with Crippen LogP contribution >= 0.6 is 0 Å². The smallest absolute Gasteiger partial charge is 0.241 e. The first kappa shape index (κ1) is 13.5. The van der Waals surface area contributed by atoms with Gasteiger partial charge in [-0.1, -0.05) is 25.7 Å². The van der Waals surface area contributed by atoms with Crippen molar-refractivity contribution in [3.8, 4) is 6.07 Å². The van der Waals surface area contributed by atoms with Crippen LogP contribution in [0.5, 0.6) is 0 Å². The van der Waals surface area contributed by atoms with Crippen molar-refractivity contribution < 1.29 is 9.59 Å². The van der Waals surface area contributed by atoms with E-state index in [1.807, 2.05) is 0 Å². The molecule has 0 aliphatic heterocycles. The zero-order valence-corrected chi connectivity index (χ0v) is 10.2. The molecular formula is C12H19N3O2. The van der Waals surface area contributed by atoms with Crippen molar-refractivity contribution in [3.63, 3.8) is 0 Å². The predicted octanol–water partition coefficient (Wildman–Crippen LogP) is 0.841. The zero-order valence-electron chi connectivity index (χ0n) is 10.2. The highest BCUT2D eigenvalue weighted by molar-refractivity contribution is 5.90. The van der Waals surface area contributed by atoms with Crippen LogP contribution in [0.4, 0.5) is 0 Å². The molecular weight excluding hydrogens is 218 g/mol. The Bertz CT molecular complexity index is 338. The van der Waals surface area contributed by atoms with Gasteiger partial charge in [-0.15, -0.1) is 0 Å². The second-order valence-corrected chi connectivity index (χ2v) is 4.71. The average Bonchev–Trinajstić information content (AvgIpc) is 2.54. The molecule has 0 heterocycles. The van der Waals surface area contributed by atoms with E-state index in [0.29, 0.717) is 12.8 Å². The Morgan fingerprint density at radius 2 is 1.82 bits per heavy atom. The average molecular weight is 237 g/mol. The number of nitrogens with two attached hydrogens (primary N) is 1. The predicted molar refractivity (Wildman–Crippen MR) is 62.5 cm³/mol. The van der Waals surface area contributed by atoms with Crippen molar-refractivity contribution in [2.24, 2.45) is 11.1 Å². The number of primary amides is 1. The summed E-state index contributed by atoms with van der Waals surface area (Å²) in [4.78, 5) is 23.0. The topological polar surface area (TPSA) is 96.0 Å². The number of nitrogens with one attached hydrogen (secondary N) is 1. The third-order valence-corrected chi connectivity index (χ3v) is 3.38. The molecule has 1 aliphatic carbocycles. The minimum Gasteiger partial charge on any atom is -0.368 e. The van der Waals surface area contributed by atoms with Gasteiger partial charge in [-0.3, -0.25) is 9.59 Å². The third kappa shape index (κ3) is 3.19. The first-order valence-corrected chi connectivity index (χ1v) is 6.03. The summed E-state index contributed by atoms with van der Waals surface area (Å²) < 4.78 is 0. The van der Waals surface area contributed by atoms with Gasteiger partial charge in [0.05, 0.1) is 6.07 Å². The molecule has 0 spiro atoms. The van der Waals surface area contributed by atoms with Crippen molar-refractivity contribution in [3.05, 3.63) is 0 Å². The summed E-state index contributed by atoms with van der Waals surface area (Å²) in [5, 5.41) is 11.8. The standard InChI is InChI=1S/C12H19N3O2/c1-9(10(14)16)15-11(17)12(8-13)6-4-2-3-5-7-12/h9H,2-7H2,1H3,(H2,14,16)(H,15,17). The Kier molecular flexibility index (Phi) is 4.50. The number of carbonyl (C=O) groups excluding carboxylic acids is 2. The molecule has 0 bridgehead atoms. The van der Waals surface area contributed by atoms with Gasteiger partial charge < -0.3 is 11.1 Å². The van der Waals surface area contributed by atoms with E-state index in [-0.39, 0.29) is 5.91 Å². The molecule has 1 saturated carbocycles. The van der Waals surface area contributed by atoms with Crippen LogP contribution in [0.15, 0.2) is 0 Å². The quantitative estimate of drug-likeness (QED) is 0.712. The normalized spacial score (nSPS) is 20.7. The molecule has 17 heavy (non-hydrogen) atoms. The number of nitrogens with zero attached hydrogens (tertiary/aromatic N) is 1. The zero-order chi connectivity index (χ0) is 12.9. The van der Waals surface area contributed by atoms with E-state index >= 15 is 0 Å². The minimum absolute atomic E-state index is 0.354. The molecule has 1 fully saturated rings. The van der Waals surface area contributed by atoms with Crippen LogP contribution in [-0.4, -0.2) is 17.9 Å². The van der Waals surface area contributed by atoms with E-state index in [4.69, 9.17) is 5.73 Å². The molecule has 94 valence electrons. The Labute approximate surface area is 101 Å². The van der Waals surface area contributed by atoms with Crippen LogP contribution in [-0.2, 0) is 9.59 Å². The largest absolute Gasteiger partial charge is 0.368 e. The van der Waals surface area contributed by atoms with E-state index in [9.17, 15) is 14.9 Å². The fourth-order valence-electron chi connectivity index (χ4n) is 2.13. The van der Waals surface area contributed by atoms with Crippen molar-refractivity contribution in [1.82, 2.24) is 5.32 Å². The van der Waals surface area contributed by atoms with Crippen molar-refractivity contribution in [2.75, 3.05) is 0 Å². The Hall–Kier alpha value is -1.57. The summed E-state index contributed by atoms with van der Waals surface area (Å²) >= 11 is 0. The molecule has 0 aromatic carbocycles. The van der Waals surface area contributed by atoms with E-state index in [0.717, 1.165) is 25.7 Å². The van der Waals surface area contributed by atoms with Crippen LogP contribution in [0.2, 0.25) is 0 Å². The Morgan fingerprint density at radius 3 is 2.24 bits per heavy atom. The van der Waals surface area contributed by atoms with Crippen LogP contribution < -0.4 is 11.1 Å². The monoisotopic (exact) mass is 237 g/mol. The first-order valence-electron chi connectivity index (χ1n) is 6.03. The fraction of sp³-hybridized carbons (Fsp3) is 0.750. The van der Waals surface area contributed by atoms with E-state index in [2.05, 4.69) is 11.4 Å². The highest BCUT2D eigenvalue weighted by atomic mass is 16.2. The number of hydrogen-bond donors (Lipinski definition) is 2. The van der Waals surface area contributed by atoms with E-state index < -0.39 is 17.4 Å². The van der Waals surface area contributed by atoms with Gasteiger partial charge in [0.15, 0.2) is 0 Å². The number of rotatable bonds is 3. The molecule has 1 rings (SSSR count). The van der Waals surface area contributed by atoms with Gasteiger partial charge in [0, 0.05) is 0 Å². The SMILES string of the molecule is CC(NC(=O)C1(C#N)CCCCCC1)C(N)=O.